The van der Waals surface area contributed by atoms with Gasteiger partial charge in [-0.1, -0.05) is 68.4 Å². The minimum Gasteiger partial charge on any atom is -0.395 e. The van der Waals surface area contributed by atoms with E-state index in [4.69, 9.17) is 5.11 Å². The molecule has 154 valence electrons. The molecule has 0 aromatic carbocycles. The van der Waals surface area contributed by atoms with Gasteiger partial charge in [-0.25, -0.2) is 0 Å². The number of allylic oxidation sites excluding steroid dienone is 8. The fraction of sp³-hybridized carbons (Fsp3) is 0.625. The number of rotatable bonds is 19. The number of carbonyl (C=O) groups excluding carboxylic acids is 1. The van der Waals surface area contributed by atoms with E-state index in [9.17, 15) is 4.79 Å². The summed E-state index contributed by atoms with van der Waals surface area (Å²) in [6, 6.07) is 0. The SMILES string of the molecule is CCCCC/C=C\C/C=C\C/C=C\C/C=C\CCCC(=O)CCNCCO. The Morgan fingerprint density at radius 1 is 0.741 bits per heavy atom. The first-order valence-electron chi connectivity index (χ1n) is 10.7. The predicted octanol–water partition coefficient (Wildman–Crippen LogP) is 5.67. The van der Waals surface area contributed by atoms with Gasteiger partial charge in [0.2, 0.25) is 0 Å². The van der Waals surface area contributed by atoms with Gasteiger partial charge in [-0.05, 0) is 44.9 Å². The molecule has 0 radical (unpaired) electrons. The van der Waals surface area contributed by atoms with Gasteiger partial charge in [0.25, 0.3) is 0 Å². The van der Waals surface area contributed by atoms with Crippen LogP contribution in [0.15, 0.2) is 48.6 Å². The van der Waals surface area contributed by atoms with Crippen molar-refractivity contribution in [2.45, 2.75) is 77.6 Å². The lowest BCUT2D eigenvalue weighted by atomic mass is 10.1. The molecule has 0 saturated carbocycles. The fourth-order valence-corrected chi connectivity index (χ4v) is 2.53. The number of carbonyl (C=O) groups is 1. The minimum absolute atomic E-state index is 0.125. The molecule has 0 aliphatic carbocycles. The number of aliphatic hydroxyl groups excluding tert-OH is 1. The maximum Gasteiger partial charge on any atom is 0.134 e. The standard InChI is InChI=1S/C24H41NO2/c1-2-3-4-5-6-7-8-9-10-11-12-13-14-15-16-17-18-19-24(27)20-21-25-22-23-26/h6-7,9-10,12-13,15-16,25-26H,2-5,8,11,14,17-23H2,1H3/b7-6-,10-9-,13-12-,16-15-. The lowest BCUT2D eigenvalue weighted by Gasteiger charge is -2.01. The third kappa shape index (κ3) is 22.5. The highest BCUT2D eigenvalue weighted by Crippen LogP contribution is 2.02. The summed E-state index contributed by atoms with van der Waals surface area (Å²) in [6.45, 7) is 3.60. The van der Waals surface area contributed by atoms with Crippen molar-refractivity contribution in [2.75, 3.05) is 19.7 Å². The van der Waals surface area contributed by atoms with Crippen LogP contribution in [0.2, 0.25) is 0 Å². The number of hydrogen-bond acceptors (Lipinski definition) is 3. The molecule has 3 nitrogen and oxygen atoms in total. The average Bonchev–Trinajstić information content (AvgIpc) is 2.67. The number of nitrogens with one attached hydrogen (secondary N) is 1. The fourth-order valence-electron chi connectivity index (χ4n) is 2.53. The van der Waals surface area contributed by atoms with E-state index in [1.165, 1.54) is 25.7 Å². The van der Waals surface area contributed by atoms with Gasteiger partial charge in [-0.3, -0.25) is 4.79 Å². The Bertz CT molecular complexity index is 436. The van der Waals surface area contributed by atoms with E-state index in [1.54, 1.807) is 0 Å². The quantitative estimate of drug-likeness (QED) is 0.226. The molecule has 0 heterocycles. The van der Waals surface area contributed by atoms with Crippen molar-refractivity contribution in [2.24, 2.45) is 0 Å². The summed E-state index contributed by atoms with van der Waals surface area (Å²) in [5.41, 5.74) is 0. The third-order valence-corrected chi connectivity index (χ3v) is 4.15. The van der Waals surface area contributed by atoms with E-state index in [0.717, 1.165) is 32.1 Å². The van der Waals surface area contributed by atoms with Crippen molar-refractivity contribution >= 4 is 5.78 Å². The monoisotopic (exact) mass is 375 g/mol. The lowest BCUT2D eigenvalue weighted by Crippen LogP contribution is -2.21. The van der Waals surface area contributed by atoms with Gasteiger partial charge >= 0.3 is 0 Å². The number of hydrogen-bond donors (Lipinski definition) is 2. The summed E-state index contributed by atoms with van der Waals surface area (Å²) in [5, 5.41) is 11.7. The zero-order valence-corrected chi connectivity index (χ0v) is 17.4. The molecule has 0 fully saturated rings. The van der Waals surface area contributed by atoms with E-state index in [0.29, 0.717) is 31.7 Å². The average molecular weight is 376 g/mol. The Kier molecular flexibility index (Phi) is 21.4. The van der Waals surface area contributed by atoms with Crippen molar-refractivity contribution in [3.8, 4) is 0 Å². The predicted molar refractivity (Wildman–Crippen MR) is 118 cm³/mol. The highest BCUT2D eigenvalue weighted by molar-refractivity contribution is 5.78. The lowest BCUT2D eigenvalue weighted by molar-refractivity contribution is -0.119. The molecule has 0 atom stereocenters. The number of unbranched alkanes of at least 4 members (excludes halogenated alkanes) is 4. The number of Topliss-reactive ketones (excluding diaryl/α,β-unsaturated/α-hetero) is 1. The molecule has 0 bridgehead atoms. The summed E-state index contributed by atoms with van der Waals surface area (Å²) in [7, 11) is 0. The van der Waals surface area contributed by atoms with E-state index in [2.05, 4.69) is 60.8 Å². The zero-order chi connectivity index (χ0) is 19.8. The zero-order valence-electron chi connectivity index (χ0n) is 17.4. The van der Waals surface area contributed by atoms with Crippen LogP contribution in [-0.4, -0.2) is 30.6 Å². The second kappa shape index (κ2) is 22.6. The molecular weight excluding hydrogens is 334 g/mol. The Labute approximate surface area is 167 Å². The normalized spacial score (nSPS) is 12.4. The smallest absolute Gasteiger partial charge is 0.134 e. The molecule has 0 rings (SSSR count). The molecule has 0 spiro atoms. The number of ketones is 1. The maximum atomic E-state index is 11.6. The van der Waals surface area contributed by atoms with E-state index in [-0.39, 0.29) is 6.61 Å². The van der Waals surface area contributed by atoms with Gasteiger partial charge in [0.1, 0.15) is 5.78 Å². The molecule has 0 aromatic rings. The molecule has 0 saturated heterocycles. The van der Waals surface area contributed by atoms with Gasteiger partial charge in [0, 0.05) is 25.9 Å². The topological polar surface area (TPSA) is 49.3 Å². The van der Waals surface area contributed by atoms with Crippen molar-refractivity contribution < 1.29 is 9.90 Å². The first-order valence-corrected chi connectivity index (χ1v) is 10.7. The van der Waals surface area contributed by atoms with Crippen molar-refractivity contribution in [1.29, 1.82) is 0 Å². The van der Waals surface area contributed by atoms with Gasteiger partial charge in [0.05, 0.1) is 6.61 Å². The highest BCUT2D eigenvalue weighted by atomic mass is 16.3. The van der Waals surface area contributed by atoms with Crippen LogP contribution in [0.25, 0.3) is 0 Å². The second-order valence-corrected chi connectivity index (χ2v) is 6.74. The second-order valence-electron chi connectivity index (χ2n) is 6.74. The van der Waals surface area contributed by atoms with E-state index in [1.807, 2.05) is 0 Å². The largest absolute Gasteiger partial charge is 0.395 e. The Hall–Kier alpha value is -1.45. The Morgan fingerprint density at radius 3 is 1.85 bits per heavy atom. The van der Waals surface area contributed by atoms with Crippen LogP contribution >= 0.6 is 0 Å². The Balaban J connectivity index is 3.44. The van der Waals surface area contributed by atoms with Gasteiger partial charge in [0.15, 0.2) is 0 Å². The molecule has 0 aromatic heterocycles. The highest BCUT2D eigenvalue weighted by Gasteiger charge is 1.99. The molecule has 0 aliphatic heterocycles. The Morgan fingerprint density at radius 2 is 1.30 bits per heavy atom. The van der Waals surface area contributed by atoms with Gasteiger partial charge in [-0.15, -0.1) is 0 Å². The van der Waals surface area contributed by atoms with Crippen molar-refractivity contribution in [3.63, 3.8) is 0 Å². The molecule has 0 unspecified atom stereocenters. The summed E-state index contributed by atoms with van der Waals surface area (Å²) in [5.74, 6) is 0.302. The molecule has 0 amide bonds. The van der Waals surface area contributed by atoms with Gasteiger partial charge in [-0.2, -0.15) is 0 Å². The summed E-state index contributed by atoms with van der Waals surface area (Å²) in [6.07, 6.45) is 29.0. The van der Waals surface area contributed by atoms with Crippen LogP contribution in [0.1, 0.15) is 77.6 Å². The van der Waals surface area contributed by atoms with Gasteiger partial charge < -0.3 is 10.4 Å². The molecule has 27 heavy (non-hydrogen) atoms. The maximum absolute atomic E-state index is 11.6. The number of aliphatic hydroxyl groups is 1. The van der Waals surface area contributed by atoms with Crippen LogP contribution in [0.4, 0.5) is 0 Å². The van der Waals surface area contributed by atoms with Crippen LogP contribution in [-0.2, 0) is 4.79 Å². The van der Waals surface area contributed by atoms with Crippen molar-refractivity contribution in [3.05, 3.63) is 48.6 Å². The first-order chi connectivity index (χ1) is 13.3. The van der Waals surface area contributed by atoms with Crippen LogP contribution < -0.4 is 5.32 Å². The van der Waals surface area contributed by atoms with E-state index >= 15 is 0 Å². The van der Waals surface area contributed by atoms with Crippen LogP contribution in [0.3, 0.4) is 0 Å². The van der Waals surface area contributed by atoms with Crippen LogP contribution in [0.5, 0.6) is 0 Å². The van der Waals surface area contributed by atoms with Crippen LogP contribution in [0, 0.1) is 0 Å². The summed E-state index contributed by atoms with van der Waals surface area (Å²) >= 11 is 0. The molecule has 0 aliphatic rings. The molecule has 3 heteroatoms. The summed E-state index contributed by atoms with van der Waals surface area (Å²) in [4.78, 5) is 11.6. The van der Waals surface area contributed by atoms with E-state index < -0.39 is 0 Å². The van der Waals surface area contributed by atoms with Crippen molar-refractivity contribution in [1.82, 2.24) is 5.32 Å². The third-order valence-electron chi connectivity index (χ3n) is 4.15. The minimum atomic E-state index is 0.125. The molecular formula is C24H41NO2. The summed E-state index contributed by atoms with van der Waals surface area (Å²) < 4.78 is 0. The molecule has 2 N–H and O–H groups in total. The first kappa shape index (κ1) is 25.6.